The van der Waals surface area contributed by atoms with E-state index in [0.717, 1.165) is 0 Å². The fourth-order valence-electron chi connectivity index (χ4n) is 0.889. The minimum absolute atomic E-state index is 0. The Kier molecular flexibility index (Phi) is 4.45. The van der Waals surface area contributed by atoms with Gasteiger partial charge in [-0.1, -0.05) is 0 Å². The standard InChI is InChI=1S/C9H11NO2.ClH/c1-6(10)9(12)7-2-4-8(11)5-3-7;/h2-6,11H,10H2,1H3;1H. The average Bonchev–Trinajstić information content (AvgIpc) is 2.04. The maximum atomic E-state index is 11.2. The van der Waals surface area contributed by atoms with Crippen LogP contribution in [0, 0.1) is 0 Å². The first-order valence-corrected chi connectivity index (χ1v) is 3.70. The normalized spacial score (nSPS) is 11.5. The molecule has 0 aliphatic rings. The number of phenols is 1. The van der Waals surface area contributed by atoms with Crippen molar-refractivity contribution in [2.24, 2.45) is 5.73 Å². The lowest BCUT2D eigenvalue weighted by Crippen LogP contribution is -2.26. The van der Waals surface area contributed by atoms with Gasteiger partial charge in [-0.25, -0.2) is 0 Å². The molecule has 72 valence electrons. The number of hydrogen-bond donors (Lipinski definition) is 2. The van der Waals surface area contributed by atoms with Gasteiger partial charge in [0.05, 0.1) is 6.04 Å². The lowest BCUT2D eigenvalue weighted by Gasteiger charge is -2.03. The first kappa shape index (κ1) is 11.9. The van der Waals surface area contributed by atoms with Crippen molar-refractivity contribution in [3.63, 3.8) is 0 Å². The number of Topliss-reactive ketones (excluding diaryl/α,β-unsaturated/α-hetero) is 1. The van der Waals surface area contributed by atoms with Gasteiger partial charge in [-0.15, -0.1) is 12.4 Å². The van der Waals surface area contributed by atoms with E-state index in [0.29, 0.717) is 5.56 Å². The van der Waals surface area contributed by atoms with Crippen LogP contribution >= 0.6 is 12.4 Å². The monoisotopic (exact) mass is 201 g/mol. The molecule has 0 spiro atoms. The molecule has 0 saturated carbocycles. The van der Waals surface area contributed by atoms with Crippen LogP contribution in [0.25, 0.3) is 0 Å². The largest absolute Gasteiger partial charge is 0.508 e. The van der Waals surface area contributed by atoms with Crippen LogP contribution in [0.15, 0.2) is 24.3 Å². The molecule has 13 heavy (non-hydrogen) atoms. The molecule has 1 aromatic carbocycles. The van der Waals surface area contributed by atoms with E-state index in [9.17, 15) is 4.79 Å². The molecule has 0 bridgehead atoms. The van der Waals surface area contributed by atoms with Crippen LogP contribution in [0.5, 0.6) is 5.75 Å². The van der Waals surface area contributed by atoms with Gasteiger partial charge >= 0.3 is 0 Å². The summed E-state index contributed by atoms with van der Waals surface area (Å²) in [5, 5.41) is 8.93. The Hall–Kier alpha value is -1.06. The zero-order valence-corrected chi connectivity index (χ0v) is 8.04. The molecule has 0 amide bonds. The number of benzene rings is 1. The molecule has 1 aromatic rings. The highest BCUT2D eigenvalue weighted by Crippen LogP contribution is 2.10. The third-order valence-corrected chi connectivity index (χ3v) is 1.57. The highest BCUT2D eigenvalue weighted by molar-refractivity contribution is 5.99. The molecule has 0 saturated heterocycles. The van der Waals surface area contributed by atoms with E-state index in [1.54, 1.807) is 19.1 Å². The topological polar surface area (TPSA) is 63.3 Å². The lowest BCUT2D eigenvalue weighted by atomic mass is 10.1. The van der Waals surface area contributed by atoms with Crippen molar-refractivity contribution in [2.75, 3.05) is 0 Å². The minimum atomic E-state index is -0.491. The molecule has 1 unspecified atom stereocenters. The van der Waals surface area contributed by atoms with Gasteiger partial charge in [-0.2, -0.15) is 0 Å². The Morgan fingerprint density at radius 1 is 1.38 bits per heavy atom. The Morgan fingerprint density at radius 3 is 2.23 bits per heavy atom. The molecule has 0 aliphatic carbocycles. The average molecular weight is 202 g/mol. The van der Waals surface area contributed by atoms with Gasteiger partial charge in [0.2, 0.25) is 0 Å². The van der Waals surface area contributed by atoms with Gasteiger partial charge in [-0.05, 0) is 31.2 Å². The molecular formula is C9H12ClNO2. The molecule has 0 heterocycles. The van der Waals surface area contributed by atoms with Gasteiger partial charge in [0, 0.05) is 5.56 Å². The third-order valence-electron chi connectivity index (χ3n) is 1.57. The van der Waals surface area contributed by atoms with E-state index in [2.05, 4.69) is 0 Å². The smallest absolute Gasteiger partial charge is 0.179 e. The van der Waals surface area contributed by atoms with Crippen LogP contribution in [0.2, 0.25) is 0 Å². The molecule has 1 atom stereocenters. The van der Waals surface area contributed by atoms with Crippen molar-refractivity contribution >= 4 is 18.2 Å². The summed E-state index contributed by atoms with van der Waals surface area (Å²) in [6, 6.07) is 5.56. The van der Waals surface area contributed by atoms with E-state index in [1.165, 1.54) is 12.1 Å². The van der Waals surface area contributed by atoms with E-state index < -0.39 is 6.04 Å². The van der Waals surface area contributed by atoms with Crippen LogP contribution in [-0.4, -0.2) is 16.9 Å². The summed E-state index contributed by atoms with van der Waals surface area (Å²) in [6.45, 7) is 1.63. The van der Waals surface area contributed by atoms with Gasteiger partial charge in [-0.3, -0.25) is 4.79 Å². The fourth-order valence-corrected chi connectivity index (χ4v) is 0.889. The van der Waals surface area contributed by atoms with Crippen molar-refractivity contribution in [3.05, 3.63) is 29.8 Å². The zero-order chi connectivity index (χ0) is 9.14. The highest BCUT2D eigenvalue weighted by atomic mass is 35.5. The molecule has 4 heteroatoms. The number of ketones is 1. The van der Waals surface area contributed by atoms with Crippen molar-refractivity contribution < 1.29 is 9.90 Å². The molecule has 0 fully saturated rings. The second-order valence-electron chi connectivity index (χ2n) is 2.70. The Balaban J connectivity index is 0.00000144. The number of carbonyl (C=O) groups excluding carboxylic acids is 1. The number of carbonyl (C=O) groups is 1. The second-order valence-corrected chi connectivity index (χ2v) is 2.70. The first-order chi connectivity index (χ1) is 5.61. The summed E-state index contributed by atoms with van der Waals surface area (Å²) in [6.07, 6.45) is 0. The van der Waals surface area contributed by atoms with Crippen molar-refractivity contribution in [1.82, 2.24) is 0 Å². The van der Waals surface area contributed by atoms with Gasteiger partial charge < -0.3 is 10.8 Å². The number of halogens is 1. The van der Waals surface area contributed by atoms with E-state index >= 15 is 0 Å². The van der Waals surface area contributed by atoms with Crippen LogP contribution in [0.3, 0.4) is 0 Å². The van der Waals surface area contributed by atoms with Crippen LogP contribution in [-0.2, 0) is 0 Å². The number of phenolic OH excluding ortho intramolecular Hbond substituents is 1. The van der Waals surface area contributed by atoms with Crippen molar-refractivity contribution in [2.45, 2.75) is 13.0 Å². The molecule has 0 radical (unpaired) electrons. The SMILES string of the molecule is CC(N)C(=O)c1ccc(O)cc1.Cl. The Morgan fingerprint density at radius 2 is 1.85 bits per heavy atom. The summed E-state index contributed by atoms with van der Waals surface area (Å²) in [5.74, 6) is 0.0335. The number of rotatable bonds is 2. The quantitative estimate of drug-likeness (QED) is 0.710. The second kappa shape index (κ2) is 4.84. The van der Waals surface area contributed by atoms with Crippen molar-refractivity contribution in [1.29, 1.82) is 0 Å². The molecular weight excluding hydrogens is 190 g/mol. The minimum Gasteiger partial charge on any atom is -0.508 e. The van der Waals surface area contributed by atoms with Gasteiger partial charge in [0.1, 0.15) is 5.75 Å². The lowest BCUT2D eigenvalue weighted by molar-refractivity contribution is 0.0968. The summed E-state index contributed by atoms with van der Waals surface area (Å²) in [7, 11) is 0. The number of aromatic hydroxyl groups is 1. The zero-order valence-electron chi connectivity index (χ0n) is 7.23. The molecule has 0 aromatic heterocycles. The van der Waals surface area contributed by atoms with E-state index in [1.807, 2.05) is 0 Å². The Labute approximate surface area is 83.0 Å². The molecule has 1 rings (SSSR count). The predicted molar refractivity (Wildman–Crippen MR) is 53.3 cm³/mol. The van der Waals surface area contributed by atoms with E-state index in [4.69, 9.17) is 10.8 Å². The number of nitrogens with two attached hydrogens (primary N) is 1. The van der Waals surface area contributed by atoms with E-state index in [-0.39, 0.29) is 23.9 Å². The third kappa shape index (κ3) is 3.05. The molecule has 3 nitrogen and oxygen atoms in total. The first-order valence-electron chi connectivity index (χ1n) is 3.70. The van der Waals surface area contributed by atoms with Gasteiger partial charge in [0.25, 0.3) is 0 Å². The summed E-state index contributed by atoms with van der Waals surface area (Å²) in [5.41, 5.74) is 5.92. The molecule has 0 aliphatic heterocycles. The van der Waals surface area contributed by atoms with Crippen molar-refractivity contribution in [3.8, 4) is 5.75 Å². The summed E-state index contributed by atoms with van der Waals surface area (Å²) < 4.78 is 0. The maximum Gasteiger partial charge on any atom is 0.179 e. The predicted octanol–water partition coefficient (Wildman–Crippen LogP) is 1.34. The van der Waals surface area contributed by atoms with Crippen LogP contribution < -0.4 is 5.73 Å². The highest BCUT2D eigenvalue weighted by Gasteiger charge is 2.09. The Bertz CT molecular complexity index is 282. The van der Waals surface area contributed by atoms with Crippen LogP contribution in [0.4, 0.5) is 0 Å². The van der Waals surface area contributed by atoms with Crippen LogP contribution in [0.1, 0.15) is 17.3 Å². The summed E-state index contributed by atoms with van der Waals surface area (Å²) >= 11 is 0. The maximum absolute atomic E-state index is 11.2. The number of hydrogen-bond acceptors (Lipinski definition) is 3. The molecule has 3 N–H and O–H groups in total. The summed E-state index contributed by atoms with van der Waals surface area (Å²) in [4.78, 5) is 11.2. The van der Waals surface area contributed by atoms with Gasteiger partial charge in [0.15, 0.2) is 5.78 Å². The fraction of sp³-hybridized carbons (Fsp3) is 0.222.